The number of hydrogen-bond donors (Lipinski definition) is 4. The molecular formula is C30H62N4. The first kappa shape index (κ1) is 30.1. The van der Waals surface area contributed by atoms with Crippen LogP contribution in [0.25, 0.3) is 0 Å². The summed E-state index contributed by atoms with van der Waals surface area (Å²) in [5.74, 6) is 1.65. The van der Waals surface area contributed by atoms with Crippen LogP contribution < -0.4 is 21.3 Å². The molecule has 4 N–H and O–H groups in total. The number of piperidine rings is 2. The van der Waals surface area contributed by atoms with Gasteiger partial charge in [0.25, 0.3) is 0 Å². The maximum absolute atomic E-state index is 3.82. The van der Waals surface area contributed by atoms with E-state index in [9.17, 15) is 0 Å². The minimum atomic E-state index is 0.262. The average molecular weight is 479 g/mol. The van der Waals surface area contributed by atoms with Crippen molar-refractivity contribution >= 4 is 0 Å². The Bertz CT molecular complexity index is 511. The van der Waals surface area contributed by atoms with Crippen molar-refractivity contribution in [1.29, 1.82) is 0 Å². The summed E-state index contributed by atoms with van der Waals surface area (Å²) in [6.45, 7) is 26.0. The van der Waals surface area contributed by atoms with E-state index in [1.165, 1.54) is 77.3 Å². The Labute approximate surface area is 214 Å². The molecule has 0 saturated carbocycles. The van der Waals surface area contributed by atoms with Gasteiger partial charge in [-0.1, -0.05) is 12.8 Å². The van der Waals surface area contributed by atoms with Crippen LogP contribution in [0.3, 0.4) is 0 Å². The van der Waals surface area contributed by atoms with Gasteiger partial charge in [-0.15, -0.1) is 0 Å². The second-order valence-corrected chi connectivity index (χ2v) is 14.9. The third-order valence-electron chi connectivity index (χ3n) is 8.01. The lowest BCUT2D eigenvalue weighted by Gasteiger charge is -2.47. The number of hydrogen-bond acceptors (Lipinski definition) is 4. The number of rotatable bonds is 13. The molecule has 0 bridgehead atoms. The summed E-state index contributed by atoms with van der Waals surface area (Å²) in [5, 5.41) is 15.3. The van der Waals surface area contributed by atoms with Gasteiger partial charge < -0.3 is 21.3 Å². The summed E-state index contributed by atoms with van der Waals surface area (Å²) < 4.78 is 0. The Morgan fingerprint density at radius 1 is 0.559 bits per heavy atom. The molecule has 2 aliphatic rings. The lowest BCUT2D eigenvalue weighted by atomic mass is 9.74. The monoisotopic (exact) mass is 478 g/mol. The summed E-state index contributed by atoms with van der Waals surface area (Å²) >= 11 is 0. The van der Waals surface area contributed by atoms with Crippen molar-refractivity contribution in [3.05, 3.63) is 0 Å². The zero-order valence-electron chi connectivity index (χ0n) is 24.8. The zero-order valence-corrected chi connectivity index (χ0v) is 24.8. The van der Waals surface area contributed by atoms with Crippen LogP contribution in [0.4, 0.5) is 0 Å². The minimum Gasteiger partial charge on any atom is -0.314 e. The van der Waals surface area contributed by atoms with Crippen LogP contribution in [0, 0.1) is 11.8 Å². The molecule has 2 rings (SSSR count). The van der Waals surface area contributed by atoms with E-state index in [1.807, 2.05) is 0 Å². The highest BCUT2D eigenvalue weighted by molar-refractivity contribution is 4.98. The van der Waals surface area contributed by atoms with Gasteiger partial charge in [-0.05, 0) is 146 Å². The van der Waals surface area contributed by atoms with Gasteiger partial charge in [-0.25, -0.2) is 0 Å². The molecule has 2 heterocycles. The lowest BCUT2D eigenvalue weighted by Crippen LogP contribution is -2.58. The average Bonchev–Trinajstić information content (AvgIpc) is 2.58. The molecule has 34 heavy (non-hydrogen) atoms. The van der Waals surface area contributed by atoms with Crippen molar-refractivity contribution in [2.24, 2.45) is 11.8 Å². The summed E-state index contributed by atoms with van der Waals surface area (Å²) in [5.41, 5.74) is 1.05. The van der Waals surface area contributed by atoms with Crippen molar-refractivity contribution in [2.45, 2.75) is 168 Å². The fraction of sp³-hybridized carbons (Fsp3) is 1.00. The number of nitrogens with one attached hydrogen (secondary N) is 4. The topological polar surface area (TPSA) is 48.1 Å². The Morgan fingerprint density at radius 2 is 0.853 bits per heavy atom. The summed E-state index contributed by atoms with van der Waals surface area (Å²) in [6, 6.07) is 1.25. The van der Waals surface area contributed by atoms with Crippen LogP contribution in [0.15, 0.2) is 0 Å². The molecule has 0 amide bonds. The van der Waals surface area contributed by atoms with Gasteiger partial charge in [0.2, 0.25) is 0 Å². The molecule has 4 nitrogen and oxygen atoms in total. The van der Waals surface area contributed by atoms with E-state index in [-0.39, 0.29) is 22.2 Å². The van der Waals surface area contributed by atoms with Crippen LogP contribution in [0.1, 0.15) is 133 Å². The molecule has 0 aromatic rings. The molecule has 0 aromatic carbocycles. The van der Waals surface area contributed by atoms with Crippen LogP contribution in [0.5, 0.6) is 0 Å². The quantitative estimate of drug-likeness (QED) is 0.231. The van der Waals surface area contributed by atoms with Gasteiger partial charge in [-0.2, -0.15) is 0 Å². The van der Waals surface area contributed by atoms with Crippen molar-refractivity contribution in [1.82, 2.24) is 21.3 Å². The van der Waals surface area contributed by atoms with Gasteiger partial charge in [0.1, 0.15) is 0 Å². The zero-order chi connectivity index (χ0) is 25.6. The van der Waals surface area contributed by atoms with E-state index in [1.54, 1.807) is 0 Å². The highest BCUT2D eigenvalue weighted by Gasteiger charge is 2.38. The van der Waals surface area contributed by atoms with Gasteiger partial charge in [0.05, 0.1) is 0 Å². The van der Waals surface area contributed by atoms with E-state index >= 15 is 0 Å². The molecule has 2 saturated heterocycles. The molecule has 202 valence electrons. The first-order valence-electron chi connectivity index (χ1n) is 14.6. The van der Waals surface area contributed by atoms with Crippen LogP contribution in [-0.4, -0.2) is 47.3 Å². The van der Waals surface area contributed by atoms with Gasteiger partial charge in [0, 0.05) is 34.2 Å². The van der Waals surface area contributed by atoms with E-state index in [0.29, 0.717) is 12.1 Å². The van der Waals surface area contributed by atoms with Gasteiger partial charge in [0.15, 0.2) is 0 Å². The third-order valence-corrected chi connectivity index (χ3v) is 8.01. The SMILES string of the molecule is CC(CC1CC(C)(C)NC(C)(C)C1)NCCCCCCNC(C)CC1CC(C)(C)NC(C)(C)C1. The standard InChI is InChI=1S/C30H62N4/c1-23(17-25-19-27(3,4)33-28(5,6)20-25)31-15-13-11-12-14-16-32-24(2)18-26-21-29(7,8)34-30(9,10)22-26/h23-26,31-34H,11-22H2,1-10H3. The van der Waals surface area contributed by atoms with Crippen molar-refractivity contribution < 1.29 is 0 Å². The largest absolute Gasteiger partial charge is 0.314 e. The van der Waals surface area contributed by atoms with Crippen LogP contribution >= 0.6 is 0 Å². The molecule has 0 spiro atoms. The van der Waals surface area contributed by atoms with E-state index in [0.717, 1.165) is 11.8 Å². The second-order valence-electron chi connectivity index (χ2n) is 14.9. The predicted octanol–water partition coefficient (Wildman–Crippen LogP) is 6.40. The van der Waals surface area contributed by atoms with Crippen molar-refractivity contribution in [2.75, 3.05) is 13.1 Å². The molecule has 0 radical (unpaired) electrons. The highest BCUT2D eigenvalue weighted by Crippen LogP contribution is 2.36. The molecule has 2 fully saturated rings. The fourth-order valence-electron chi connectivity index (χ4n) is 7.87. The lowest BCUT2D eigenvalue weighted by molar-refractivity contribution is 0.117. The molecular weight excluding hydrogens is 416 g/mol. The second kappa shape index (κ2) is 12.4. The number of unbranched alkanes of at least 4 members (excludes halogenated alkanes) is 3. The molecule has 0 aliphatic carbocycles. The minimum absolute atomic E-state index is 0.262. The van der Waals surface area contributed by atoms with E-state index in [2.05, 4.69) is 90.5 Å². The maximum Gasteiger partial charge on any atom is 0.0132 e. The van der Waals surface area contributed by atoms with Crippen molar-refractivity contribution in [3.8, 4) is 0 Å². The Kier molecular flexibility index (Phi) is 11.0. The summed E-state index contributed by atoms with van der Waals surface area (Å²) in [7, 11) is 0. The Morgan fingerprint density at radius 3 is 1.15 bits per heavy atom. The van der Waals surface area contributed by atoms with Gasteiger partial charge in [-0.3, -0.25) is 0 Å². The predicted molar refractivity (Wildman–Crippen MR) is 151 cm³/mol. The summed E-state index contributed by atoms with van der Waals surface area (Å²) in [6.07, 6.45) is 13.1. The highest BCUT2D eigenvalue weighted by atomic mass is 15.1. The normalized spacial score (nSPS) is 26.3. The fourth-order valence-corrected chi connectivity index (χ4v) is 7.87. The molecule has 2 atom stereocenters. The van der Waals surface area contributed by atoms with Gasteiger partial charge >= 0.3 is 0 Å². The first-order chi connectivity index (χ1) is 15.6. The third kappa shape index (κ3) is 11.7. The Balaban J connectivity index is 1.50. The molecule has 0 aromatic heterocycles. The van der Waals surface area contributed by atoms with E-state index < -0.39 is 0 Å². The summed E-state index contributed by atoms with van der Waals surface area (Å²) in [4.78, 5) is 0. The van der Waals surface area contributed by atoms with Crippen LogP contribution in [-0.2, 0) is 0 Å². The van der Waals surface area contributed by atoms with Crippen molar-refractivity contribution in [3.63, 3.8) is 0 Å². The first-order valence-corrected chi connectivity index (χ1v) is 14.6. The van der Waals surface area contributed by atoms with Crippen LogP contribution in [0.2, 0.25) is 0 Å². The van der Waals surface area contributed by atoms with E-state index in [4.69, 9.17) is 0 Å². The molecule has 2 unspecified atom stereocenters. The Hall–Kier alpha value is -0.160. The smallest absolute Gasteiger partial charge is 0.0132 e. The molecule has 4 heteroatoms. The maximum atomic E-state index is 3.82. The molecule has 2 aliphatic heterocycles.